The van der Waals surface area contributed by atoms with E-state index < -0.39 is 12.1 Å². The van der Waals surface area contributed by atoms with E-state index in [-0.39, 0.29) is 18.1 Å². The van der Waals surface area contributed by atoms with Crippen LogP contribution in [0.1, 0.15) is 37.2 Å². The molecule has 2 aliphatic heterocycles. The smallest absolute Gasteiger partial charge is 0.475 e. The van der Waals surface area contributed by atoms with Gasteiger partial charge in [0.1, 0.15) is 18.1 Å². The quantitative estimate of drug-likeness (QED) is 0.788. The normalized spacial score (nSPS) is 22.0. The molecule has 1 aromatic rings. The van der Waals surface area contributed by atoms with Gasteiger partial charge in [-0.1, -0.05) is 0 Å². The number of carboxylic acid groups (broad SMARTS) is 1. The number of likely N-dealkylation sites (tertiary alicyclic amines) is 1. The highest BCUT2D eigenvalue weighted by atomic mass is 19.4. The zero-order valence-electron chi connectivity index (χ0n) is 16.9. The van der Waals surface area contributed by atoms with Crippen LogP contribution >= 0.6 is 0 Å². The number of alkyl halides is 3. The van der Waals surface area contributed by atoms with Crippen LogP contribution in [0.25, 0.3) is 0 Å². The number of furan rings is 1. The Bertz CT molecular complexity index is 752. The molecule has 3 aliphatic rings. The zero-order chi connectivity index (χ0) is 21.9. The average Bonchev–Trinajstić information content (AvgIpc) is 3.40. The number of piperidine rings is 1. The van der Waals surface area contributed by atoms with Crippen LogP contribution in [0.4, 0.5) is 13.2 Å². The Morgan fingerprint density at radius 3 is 2.40 bits per heavy atom. The van der Waals surface area contributed by atoms with Crippen molar-refractivity contribution >= 4 is 11.9 Å². The predicted octanol–water partition coefficient (Wildman–Crippen LogP) is 2.82. The second-order valence-electron chi connectivity index (χ2n) is 8.28. The molecule has 0 radical (unpaired) electrons. The molecule has 1 aromatic heterocycles. The molecule has 3 fully saturated rings. The molecule has 10 heteroatoms. The summed E-state index contributed by atoms with van der Waals surface area (Å²) >= 11 is 0. The van der Waals surface area contributed by atoms with Crippen molar-refractivity contribution in [1.29, 1.82) is 0 Å². The SMILES string of the molecule is Cc1ccc(CN2CCC3(CC2)CN(CC2CC2)C(=O)CO3)o1.O=C(O)C(F)(F)F. The fraction of sp³-hybridized carbons (Fsp3) is 0.700. The van der Waals surface area contributed by atoms with Crippen LogP contribution in [0.5, 0.6) is 0 Å². The maximum atomic E-state index is 12.1. The summed E-state index contributed by atoms with van der Waals surface area (Å²) in [5, 5.41) is 7.12. The topological polar surface area (TPSA) is 83.2 Å². The van der Waals surface area contributed by atoms with Gasteiger partial charge in [-0.05, 0) is 50.7 Å². The summed E-state index contributed by atoms with van der Waals surface area (Å²) in [6, 6.07) is 4.08. The second-order valence-corrected chi connectivity index (χ2v) is 8.28. The van der Waals surface area contributed by atoms with E-state index in [1.54, 1.807) is 0 Å². The number of nitrogens with zero attached hydrogens (tertiary/aromatic N) is 2. The van der Waals surface area contributed by atoms with E-state index in [0.29, 0.717) is 0 Å². The number of carbonyl (C=O) groups excluding carboxylic acids is 1. The van der Waals surface area contributed by atoms with Crippen LogP contribution in [-0.2, 0) is 20.9 Å². The lowest BCUT2D eigenvalue weighted by Gasteiger charge is -2.47. The predicted molar refractivity (Wildman–Crippen MR) is 99.6 cm³/mol. The summed E-state index contributed by atoms with van der Waals surface area (Å²) in [6.45, 7) is 6.86. The highest BCUT2D eigenvalue weighted by Crippen LogP contribution is 2.35. The van der Waals surface area contributed by atoms with Gasteiger partial charge in [0.05, 0.1) is 12.1 Å². The van der Waals surface area contributed by atoms with E-state index in [1.807, 2.05) is 13.0 Å². The Kier molecular flexibility index (Phi) is 6.76. The number of rotatable bonds is 4. The number of ether oxygens (including phenoxy) is 1. The summed E-state index contributed by atoms with van der Waals surface area (Å²) in [7, 11) is 0. The summed E-state index contributed by atoms with van der Waals surface area (Å²) < 4.78 is 43.4. The van der Waals surface area contributed by atoms with E-state index in [0.717, 1.165) is 63.0 Å². The molecule has 4 rings (SSSR count). The lowest BCUT2D eigenvalue weighted by Crippen LogP contribution is -2.58. The van der Waals surface area contributed by atoms with Crippen LogP contribution < -0.4 is 0 Å². The van der Waals surface area contributed by atoms with Crippen molar-refractivity contribution in [3.8, 4) is 0 Å². The molecule has 0 bridgehead atoms. The summed E-state index contributed by atoms with van der Waals surface area (Å²) in [6.07, 6.45) is -0.510. The molecule has 1 amide bonds. The third-order valence-corrected chi connectivity index (χ3v) is 5.69. The van der Waals surface area contributed by atoms with E-state index >= 15 is 0 Å². The first-order chi connectivity index (χ1) is 14.1. The van der Waals surface area contributed by atoms with Gasteiger partial charge in [0, 0.05) is 26.2 Å². The van der Waals surface area contributed by atoms with Gasteiger partial charge in [0.2, 0.25) is 5.91 Å². The number of carboxylic acids is 1. The Labute approximate surface area is 172 Å². The van der Waals surface area contributed by atoms with Crippen molar-refractivity contribution < 1.29 is 37.0 Å². The molecule has 1 N–H and O–H groups in total. The van der Waals surface area contributed by atoms with Crippen LogP contribution in [0.15, 0.2) is 16.5 Å². The molecule has 168 valence electrons. The molecule has 2 saturated heterocycles. The van der Waals surface area contributed by atoms with Gasteiger partial charge < -0.3 is 19.2 Å². The lowest BCUT2D eigenvalue weighted by atomic mass is 9.89. The third-order valence-electron chi connectivity index (χ3n) is 5.69. The molecule has 0 aromatic carbocycles. The van der Waals surface area contributed by atoms with Crippen molar-refractivity contribution in [3.05, 3.63) is 23.7 Å². The number of carbonyl (C=O) groups is 2. The minimum atomic E-state index is -5.08. The third kappa shape index (κ3) is 6.21. The summed E-state index contributed by atoms with van der Waals surface area (Å²) in [5.41, 5.74) is -0.113. The number of amides is 1. The van der Waals surface area contributed by atoms with Crippen LogP contribution in [-0.4, -0.2) is 71.3 Å². The van der Waals surface area contributed by atoms with Crippen molar-refractivity contribution in [2.24, 2.45) is 5.92 Å². The molecule has 0 unspecified atom stereocenters. The molecule has 30 heavy (non-hydrogen) atoms. The highest BCUT2D eigenvalue weighted by molar-refractivity contribution is 5.78. The maximum Gasteiger partial charge on any atom is 0.490 e. The lowest BCUT2D eigenvalue weighted by molar-refractivity contribution is -0.192. The number of halogens is 3. The Morgan fingerprint density at radius 1 is 1.27 bits per heavy atom. The van der Waals surface area contributed by atoms with Gasteiger partial charge in [-0.15, -0.1) is 0 Å². The fourth-order valence-corrected chi connectivity index (χ4v) is 3.78. The molecule has 0 atom stereocenters. The second kappa shape index (κ2) is 8.97. The molecular formula is C20H27F3N2O5. The fourth-order valence-electron chi connectivity index (χ4n) is 3.78. The van der Waals surface area contributed by atoms with E-state index in [4.69, 9.17) is 19.1 Å². The van der Waals surface area contributed by atoms with Gasteiger partial charge in [0.15, 0.2) is 0 Å². The van der Waals surface area contributed by atoms with Crippen molar-refractivity contribution in [1.82, 2.24) is 9.80 Å². The number of hydrogen-bond donors (Lipinski definition) is 1. The summed E-state index contributed by atoms with van der Waals surface area (Å²) in [5.74, 6) is 0.173. The molecular weight excluding hydrogens is 405 g/mol. The van der Waals surface area contributed by atoms with Crippen molar-refractivity contribution in [2.45, 2.75) is 50.9 Å². The monoisotopic (exact) mass is 432 g/mol. The zero-order valence-corrected chi connectivity index (χ0v) is 16.9. The largest absolute Gasteiger partial charge is 0.490 e. The van der Waals surface area contributed by atoms with E-state index in [9.17, 15) is 18.0 Å². The molecule has 1 aliphatic carbocycles. The highest BCUT2D eigenvalue weighted by Gasteiger charge is 2.43. The molecule has 3 heterocycles. The van der Waals surface area contributed by atoms with Crippen LogP contribution in [0.2, 0.25) is 0 Å². The van der Waals surface area contributed by atoms with E-state index in [2.05, 4.69) is 15.9 Å². The molecule has 1 saturated carbocycles. The number of morpholine rings is 1. The van der Waals surface area contributed by atoms with Gasteiger partial charge in [-0.3, -0.25) is 9.69 Å². The number of aryl methyl sites for hydroxylation is 1. The number of hydrogen-bond acceptors (Lipinski definition) is 5. The molecule has 1 spiro atoms. The van der Waals surface area contributed by atoms with Crippen molar-refractivity contribution in [2.75, 3.05) is 32.8 Å². The molecule has 7 nitrogen and oxygen atoms in total. The number of aliphatic carboxylic acids is 1. The van der Waals surface area contributed by atoms with Gasteiger partial charge >= 0.3 is 12.1 Å². The minimum absolute atomic E-state index is 0.113. The maximum absolute atomic E-state index is 12.1. The van der Waals surface area contributed by atoms with Crippen molar-refractivity contribution in [3.63, 3.8) is 0 Å². The van der Waals surface area contributed by atoms with Gasteiger partial charge in [0.25, 0.3) is 0 Å². The first-order valence-corrected chi connectivity index (χ1v) is 10.1. The first-order valence-electron chi connectivity index (χ1n) is 10.1. The van der Waals surface area contributed by atoms with E-state index in [1.165, 1.54) is 12.8 Å². The average molecular weight is 432 g/mol. The van der Waals surface area contributed by atoms with Gasteiger partial charge in [-0.2, -0.15) is 13.2 Å². The Hall–Kier alpha value is -2.07. The Morgan fingerprint density at radius 2 is 1.90 bits per heavy atom. The van der Waals surface area contributed by atoms with Crippen LogP contribution in [0, 0.1) is 12.8 Å². The summed E-state index contributed by atoms with van der Waals surface area (Å²) in [4.78, 5) is 25.5. The van der Waals surface area contributed by atoms with Gasteiger partial charge in [-0.25, -0.2) is 4.79 Å². The Balaban J connectivity index is 0.000000318. The van der Waals surface area contributed by atoms with Crippen LogP contribution in [0.3, 0.4) is 0 Å². The standard InChI is InChI=1S/C18H26N2O3.C2HF3O2/c1-14-2-5-16(23-14)11-19-8-6-18(7-9-19)13-20(10-15-3-4-15)17(21)12-22-18;3-2(4,5)1(6)7/h2,5,15H,3-4,6-13H2,1H3;(H,6,7). The minimum Gasteiger partial charge on any atom is -0.475 e. The first kappa shape index (κ1) is 22.6.